The summed E-state index contributed by atoms with van der Waals surface area (Å²) >= 11 is 0. The van der Waals surface area contributed by atoms with E-state index in [1.165, 1.54) is 24.3 Å². The number of amides is 2. The number of carbonyl (C=O) groups excluding carboxylic acids is 2. The Hall–Kier alpha value is -3.61. The number of benzene rings is 2. The van der Waals surface area contributed by atoms with Crippen molar-refractivity contribution in [1.29, 1.82) is 0 Å². The monoisotopic (exact) mass is 337 g/mol. The van der Waals surface area contributed by atoms with Crippen LogP contribution in [-0.2, 0) is 0 Å². The number of aromatic hydroxyl groups is 1. The minimum atomic E-state index is -0.537. The van der Waals surface area contributed by atoms with Crippen LogP contribution in [0, 0.1) is 6.92 Å². The van der Waals surface area contributed by atoms with Gasteiger partial charge in [0.1, 0.15) is 22.8 Å². The molecule has 7 heteroatoms. The number of carbonyl (C=O) groups is 2. The van der Waals surface area contributed by atoms with Crippen molar-refractivity contribution in [3.05, 3.63) is 71.5 Å². The first kappa shape index (κ1) is 16.3. The summed E-state index contributed by atoms with van der Waals surface area (Å²) in [6.45, 7) is 1.62. The lowest BCUT2D eigenvalue weighted by molar-refractivity contribution is 0.0846. The second kappa shape index (κ2) is 6.88. The van der Waals surface area contributed by atoms with Gasteiger partial charge in [0.2, 0.25) is 0 Å². The molecule has 7 nitrogen and oxygen atoms in total. The largest absolute Gasteiger partial charge is 0.508 e. The molecular formula is C18H15N3O4. The Morgan fingerprint density at radius 3 is 2.28 bits per heavy atom. The summed E-state index contributed by atoms with van der Waals surface area (Å²) in [5.74, 6) is -0.656. The van der Waals surface area contributed by atoms with E-state index in [1.807, 2.05) is 30.3 Å². The number of hydrogen-bond donors (Lipinski definition) is 3. The van der Waals surface area contributed by atoms with Gasteiger partial charge in [-0.15, -0.1) is 0 Å². The van der Waals surface area contributed by atoms with Crippen LogP contribution >= 0.6 is 0 Å². The van der Waals surface area contributed by atoms with Crippen LogP contribution in [0.1, 0.15) is 26.5 Å². The van der Waals surface area contributed by atoms with Crippen LogP contribution in [0.5, 0.6) is 5.75 Å². The van der Waals surface area contributed by atoms with Gasteiger partial charge in [0, 0.05) is 11.1 Å². The van der Waals surface area contributed by atoms with Gasteiger partial charge in [0.25, 0.3) is 11.8 Å². The Balaban J connectivity index is 1.75. The first-order valence-electron chi connectivity index (χ1n) is 7.47. The number of aromatic nitrogens is 1. The Bertz CT molecular complexity index is 902. The molecule has 0 unspecified atom stereocenters. The first-order chi connectivity index (χ1) is 12.1. The number of hydrazine groups is 1. The number of nitrogens with one attached hydrogen (secondary N) is 2. The van der Waals surface area contributed by atoms with Crippen LogP contribution in [0.15, 0.2) is 59.1 Å². The summed E-state index contributed by atoms with van der Waals surface area (Å²) in [4.78, 5) is 24.5. The van der Waals surface area contributed by atoms with Crippen molar-refractivity contribution >= 4 is 11.8 Å². The predicted molar refractivity (Wildman–Crippen MR) is 89.7 cm³/mol. The Kier molecular flexibility index (Phi) is 4.47. The molecule has 0 aliphatic rings. The van der Waals surface area contributed by atoms with Crippen molar-refractivity contribution in [1.82, 2.24) is 16.0 Å². The van der Waals surface area contributed by atoms with Crippen molar-refractivity contribution in [3.8, 4) is 17.0 Å². The summed E-state index contributed by atoms with van der Waals surface area (Å²) in [5, 5.41) is 13.2. The van der Waals surface area contributed by atoms with E-state index in [0.717, 1.165) is 5.56 Å². The molecule has 0 bridgehead atoms. The number of phenolic OH excluding ortho intramolecular Hbond substituents is 1. The molecule has 0 spiro atoms. The fraction of sp³-hybridized carbons (Fsp3) is 0.0556. The molecule has 3 rings (SSSR count). The maximum absolute atomic E-state index is 12.4. The summed E-state index contributed by atoms with van der Waals surface area (Å²) in [6, 6.07) is 14.8. The topological polar surface area (TPSA) is 104 Å². The molecule has 1 heterocycles. The van der Waals surface area contributed by atoms with Gasteiger partial charge < -0.3 is 9.63 Å². The number of aryl methyl sites for hydroxylation is 1. The molecular weight excluding hydrogens is 322 g/mol. The van der Waals surface area contributed by atoms with E-state index in [9.17, 15) is 14.7 Å². The molecule has 0 radical (unpaired) electrons. The van der Waals surface area contributed by atoms with E-state index in [0.29, 0.717) is 17.0 Å². The summed E-state index contributed by atoms with van der Waals surface area (Å²) in [7, 11) is 0. The lowest BCUT2D eigenvalue weighted by Gasteiger charge is -2.08. The lowest BCUT2D eigenvalue weighted by atomic mass is 10.1. The Morgan fingerprint density at radius 2 is 1.60 bits per heavy atom. The zero-order valence-electron chi connectivity index (χ0n) is 13.3. The first-order valence-corrected chi connectivity index (χ1v) is 7.47. The Morgan fingerprint density at radius 1 is 0.960 bits per heavy atom. The molecule has 0 aliphatic heterocycles. The van der Waals surface area contributed by atoms with Gasteiger partial charge in [-0.2, -0.15) is 0 Å². The molecule has 126 valence electrons. The molecule has 0 saturated heterocycles. The fourth-order valence-electron chi connectivity index (χ4n) is 2.29. The van der Waals surface area contributed by atoms with Crippen molar-refractivity contribution < 1.29 is 19.2 Å². The summed E-state index contributed by atoms with van der Waals surface area (Å²) in [5.41, 5.74) is 6.34. The van der Waals surface area contributed by atoms with Crippen LogP contribution in [0.4, 0.5) is 0 Å². The Labute approximate surface area is 143 Å². The number of rotatable bonds is 3. The molecule has 2 aromatic carbocycles. The van der Waals surface area contributed by atoms with E-state index in [1.54, 1.807) is 6.92 Å². The highest BCUT2D eigenvalue weighted by molar-refractivity contribution is 6.03. The van der Waals surface area contributed by atoms with Gasteiger partial charge in [0.05, 0.1) is 0 Å². The highest BCUT2D eigenvalue weighted by atomic mass is 16.5. The minimum absolute atomic E-state index is 0.0492. The van der Waals surface area contributed by atoms with Crippen LogP contribution in [0.3, 0.4) is 0 Å². The maximum Gasteiger partial charge on any atom is 0.275 e. The lowest BCUT2D eigenvalue weighted by Crippen LogP contribution is -2.41. The van der Waals surface area contributed by atoms with E-state index < -0.39 is 11.8 Å². The number of nitrogens with zero attached hydrogens (tertiary/aromatic N) is 1. The molecule has 0 fully saturated rings. The van der Waals surface area contributed by atoms with Gasteiger partial charge in [0.15, 0.2) is 0 Å². The summed E-state index contributed by atoms with van der Waals surface area (Å²) in [6.07, 6.45) is 0. The van der Waals surface area contributed by atoms with Gasteiger partial charge in [-0.05, 0) is 31.2 Å². The van der Waals surface area contributed by atoms with E-state index in [4.69, 9.17) is 4.52 Å². The van der Waals surface area contributed by atoms with Gasteiger partial charge in [-0.25, -0.2) is 0 Å². The van der Waals surface area contributed by atoms with Crippen molar-refractivity contribution in [3.63, 3.8) is 0 Å². The van der Waals surface area contributed by atoms with Gasteiger partial charge in [-0.3, -0.25) is 20.4 Å². The van der Waals surface area contributed by atoms with Crippen molar-refractivity contribution in [2.24, 2.45) is 0 Å². The second-order valence-electron chi connectivity index (χ2n) is 5.28. The average molecular weight is 337 g/mol. The maximum atomic E-state index is 12.4. The molecule has 25 heavy (non-hydrogen) atoms. The third-order valence-corrected chi connectivity index (χ3v) is 3.56. The number of phenols is 1. The van der Waals surface area contributed by atoms with Crippen molar-refractivity contribution in [2.75, 3.05) is 0 Å². The minimum Gasteiger partial charge on any atom is -0.508 e. The van der Waals surface area contributed by atoms with Crippen LogP contribution in [0.2, 0.25) is 0 Å². The third-order valence-electron chi connectivity index (χ3n) is 3.56. The predicted octanol–water partition coefficient (Wildman–Crippen LogP) is 2.43. The van der Waals surface area contributed by atoms with Gasteiger partial charge in [-0.1, -0.05) is 35.5 Å². The van der Waals surface area contributed by atoms with Gasteiger partial charge >= 0.3 is 0 Å². The van der Waals surface area contributed by atoms with Crippen LogP contribution in [0.25, 0.3) is 11.3 Å². The standard InChI is InChI=1S/C18H15N3O4/c1-11-15(16(21-25-11)12-5-3-2-4-6-12)18(24)20-19-17(23)13-7-9-14(22)10-8-13/h2-10,22H,1H3,(H,19,23)(H,20,24). The highest BCUT2D eigenvalue weighted by Crippen LogP contribution is 2.24. The van der Waals surface area contributed by atoms with E-state index >= 15 is 0 Å². The fourth-order valence-corrected chi connectivity index (χ4v) is 2.29. The molecule has 0 saturated carbocycles. The molecule has 0 atom stereocenters. The zero-order chi connectivity index (χ0) is 17.8. The average Bonchev–Trinajstić information content (AvgIpc) is 3.02. The molecule has 3 aromatic rings. The van der Waals surface area contributed by atoms with E-state index in [-0.39, 0.29) is 11.3 Å². The van der Waals surface area contributed by atoms with Crippen molar-refractivity contribution in [2.45, 2.75) is 6.92 Å². The van der Waals surface area contributed by atoms with Crippen LogP contribution in [-0.4, -0.2) is 22.1 Å². The molecule has 1 aromatic heterocycles. The SMILES string of the molecule is Cc1onc(-c2ccccc2)c1C(=O)NNC(=O)c1ccc(O)cc1. The van der Waals surface area contributed by atoms with E-state index in [2.05, 4.69) is 16.0 Å². The number of hydrogen-bond acceptors (Lipinski definition) is 5. The zero-order valence-corrected chi connectivity index (χ0v) is 13.3. The molecule has 2 amide bonds. The normalized spacial score (nSPS) is 10.3. The molecule has 3 N–H and O–H groups in total. The van der Waals surface area contributed by atoms with Crippen LogP contribution < -0.4 is 10.9 Å². The summed E-state index contributed by atoms with van der Waals surface area (Å²) < 4.78 is 5.12. The smallest absolute Gasteiger partial charge is 0.275 e. The molecule has 0 aliphatic carbocycles. The third kappa shape index (κ3) is 3.50. The quantitative estimate of drug-likeness (QED) is 0.637. The highest BCUT2D eigenvalue weighted by Gasteiger charge is 2.22. The second-order valence-corrected chi connectivity index (χ2v) is 5.28.